The molecule has 0 aromatic carbocycles. The van der Waals surface area contributed by atoms with Gasteiger partial charge in [-0.25, -0.2) is 4.79 Å². The van der Waals surface area contributed by atoms with Crippen molar-refractivity contribution >= 4 is 12.0 Å². The number of likely N-dealkylation sites (tertiary alicyclic amines) is 1. The number of carboxylic acids is 1. The van der Waals surface area contributed by atoms with Crippen LogP contribution in [0.5, 0.6) is 0 Å². The molecule has 0 aliphatic carbocycles. The summed E-state index contributed by atoms with van der Waals surface area (Å²) < 4.78 is 0. The van der Waals surface area contributed by atoms with E-state index in [-0.39, 0.29) is 18.5 Å². The Bertz CT molecular complexity index is 322. The van der Waals surface area contributed by atoms with Crippen molar-refractivity contribution in [2.24, 2.45) is 0 Å². The number of amides is 2. The molecule has 1 fully saturated rings. The smallest absolute Gasteiger partial charge is 0.317 e. The molecule has 0 aromatic rings. The molecule has 1 rings (SSSR count). The molecule has 0 spiro atoms. The van der Waals surface area contributed by atoms with E-state index in [0.717, 1.165) is 13.0 Å². The summed E-state index contributed by atoms with van der Waals surface area (Å²) in [4.78, 5) is 26.6. The van der Waals surface area contributed by atoms with Crippen LogP contribution in [0.1, 0.15) is 33.1 Å². The van der Waals surface area contributed by atoms with E-state index in [1.807, 2.05) is 6.92 Å². The number of hydrogen-bond acceptors (Lipinski definition) is 3. The molecule has 1 aliphatic heterocycles. The number of likely N-dealkylation sites (N-methyl/N-ethyl adjacent to an activating group) is 1. The molecule has 0 bridgehead atoms. The third kappa shape index (κ3) is 4.70. The molecule has 2 amide bonds. The highest BCUT2D eigenvalue weighted by atomic mass is 16.4. The third-order valence-electron chi connectivity index (χ3n) is 3.76. The molecule has 2 unspecified atom stereocenters. The molecule has 0 radical (unpaired) electrons. The van der Waals surface area contributed by atoms with Gasteiger partial charge in [0.05, 0.1) is 6.42 Å². The minimum Gasteiger partial charge on any atom is -0.481 e. The first-order chi connectivity index (χ1) is 8.95. The van der Waals surface area contributed by atoms with Crippen molar-refractivity contribution in [2.45, 2.75) is 45.2 Å². The fraction of sp³-hybridized carbons (Fsp3) is 0.846. The lowest BCUT2D eigenvalue weighted by molar-refractivity contribution is -0.138. The van der Waals surface area contributed by atoms with Gasteiger partial charge in [-0.05, 0) is 40.3 Å². The lowest BCUT2D eigenvalue weighted by Gasteiger charge is -2.28. The lowest BCUT2D eigenvalue weighted by Crippen LogP contribution is -2.48. The van der Waals surface area contributed by atoms with Crippen molar-refractivity contribution in [3.8, 4) is 0 Å². The van der Waals surface area contributed by atoms with Gasteiger partial charge < -0.3 is 20.2 Å². The van der Waals surface area contributed by atoms with E-state index >= 15 is 0 Å². The van der Waals surface area contributed by atoms with Gasteiger partial charge in [0.15, 0.2) is 0 Å². The molecule has 19 heavy (non-hydrogen) atoms. The quantitative estimate of drug-likeness (QED) is 0.755. The van der Waals surface area contributed by atoms with Crippen LogP contribution in [0.15, 0.2) is 0 Å². The van der Waals surface area contributed by atoms with Gasteiger partial charge >= 0.3 is 12.0 Å². The van der Waals surface area contributed by atoms with E-state index in [1.54, 1.807) is 11.8 Å². The van der Waals surface area contributed by atoms with Crippen LogP contribution in [0.2, 0.25) is 0 Å². The molecule has 1 saturated heterocycles. The van der Waals surface area contributed by atoms with E-state index < -0.39 is 5.97 Å². The summed E-state index contributed by atoms with van der Waals surface area (Å²) in [6.07, 6.45) is 2.25. The van der Waals surface area contributed by atoms with Gasteiger partial charge in [0.1, 0.15) is 0 Å². The molecule has 1 aliphatic rings. The Labute approximate surface area is 114 Å². The lowest BCUT2D eigenvalue weighted by atomic mass is 10.2. The maximum absolute atomic E-state index is 12.1. The second-order valence-corrected chi connectivity index (χ2v) is 5.20. The van der Waals surface area contributed by atoms with Crippen molar-refractivity contribution in [3.63, 3.8) is 0 Å². The summed E-state index contributed by atoms with van der Waals surface area (Å²) in [7, 11) is 2.06. The number of urea groups is 1. The largest absolute Gasteiger partial charge is 0.481 e. The first-order valence-electron chi connectivity index (χ1n) is 6.92. The minimum absolute atomic E-state index is 0.0232. The summed E-state index contributed by atoms with van der Waals surface area (Å²) in [5.41, 5.74) is 0. The molecule has 6 heteroatoms. The number of aliphatic carboxylic acids is 1. The monoisotopic (exact) mass is 271 g/mol. The van der Waals surface area contributed by atoms with Gasteiger partial charge in [0.25, 0.3) is 0 Å². The number of carbonyl (C=O) groups is 2. The Kier molecular flexibility index (Phi) is 6.08. The zero-order valence-corrected chi connectivity index (χ0v) is 12.1. The molecule has 6 nitrogen and oxygen atoms in total. The molecule has 1 heterocycles. The van der Waals surface area contributed by atoms with Gasteiger partial charge in [0, 0.05) is 25.2 Å². The maximum atomic E-state index is 12.1. The van der Waals surface area contributed by atoms with Crippen LogP contribution in [0.4, 0.5) is 4.79 Å². The van der Waals surface area contributed by atoms with Crippen LogP contribution in [-0.4, -0.2) is 65.7 Å². The van der Waals surface area contributed by atoms with E-state index in [0.29, 0.717) is 19.1 Å². The highest BCUT2D eigenvalue weighted by molar-refractivity contribution is 5.75. The zero-order valence-electron chi connectivity index (χ0n) is 12.1. The number of nitrogens with zero attached hydrogens (tertiary/aromatic N) is 2. The average molecular weight is 271 g/mol. The van der Waals surface area contributed by atoms with Crippen LogP contribution in [-0.2, 0) is 4.79 Å². The SMILES string of the molecule is CCN(C(=O)NCC1CCCN1C)C(C)CC(=O)O. The van der Waals surface area contributed by atoms with Crippen LogP contribution in [0.3, 0.4) is 0 Å². The number of carboxylic acid groups (broad SMARTS) is 1. The van der Waals surface area contributed by atoms with Crippen molar-refractivity contribution in [1.29, 1.82) is 0 Å². The van der Waals surface area contributed by atoms with E-state index in [9.17, 15) is 9.59 Å². The summed E-state index contributed by atoms with van der Waals surface area (Å²) in [5, 5.41) is 11.7. The molecule has 110 valence electrons. The summed E-state index contributed by atoms with van der Waals surface area (Å²) >= 11 is 0. The Morgan fingerprint density at radius 3 is 2.68 bits per heavy atom. The maximum Gasteiger partial charge on any atom is 0.317 e. The Hall–Kier alpha value is -1.30. The van der Waals surface area contributed by atoms with E-state index in [1.165, 1.54) is 6.42 Å². The van der Waals surface area contributed by atoms with Gasteiger partial charge in [0.2, 0.25) is 0 Å². The predicted octanol–water partition coefficient (Wildman–Crippen LogP) is 0.975. The normalized spacial score (nSPS) is 21.1. The first kappa shape index (κ1) is 15.8. The van der Waals surface area contributed by atoms with Crippen molar-refractivity contribution in [2.75, 3.05) is 26.7 Å². The van der Waals surface area contributed by atoms with Crippen LogP contribution < -0.4 is 5.32 Å². The average Bonchev–Trinajstić information content (AvgIpc) is 2.72. The van der Waals surface area contributed by atoms with Crippen LogP contribution in [0.25, 0.3) is 0 Å². The zero-order chi connectivity index (χ0) is 14.4. The number of hydrogen-bond donors (Lipinski definition) is 2. The van der Waals surface area contributed by atoms with Crippen molar-refractivity contribution < 1.29 is 14.7 Å². The van der Waals surface area contributed by atoms with Gasteiger partial charge in [-0.2, -0.15) is 0 Å². The Morgan fingerprint density at radius 1 is 1.53 bits per heavy atom. The summed E-state index contributed by atoms with van der Waals surface area (Å²) in [5.74, 6) is -0.880. The first-order valence-corrected chi connectivity index (χ1v) is 6.92. The molecule has 0 aromatic heterocycles. The van der Waals surface area contributed by atoms with Gasteiger partial charge in [-0.15, -0.1) is 0 Å². The minimum atomic E-state index is -0.880. The molecular weight excluding hydrogens is 246 g/mol. The summed E-state index contributed by atoms with van der Waals surface area (Å²) in [6.45, 7) is 5.85. The number of carbonyl (C=O) groups excluding carboxylic acids is 1. The third-order valence-corrected chi connectivity index (χ3v) is 3.76. The molecule has 2 N–H and O–H groups in total. The van der Waals surface area contributed by atoms with Crippen LogP contribution >= 0.6 is 0 Å². The second kappa shape index (κ2) is 7.33. The number of nitrogens with one attached hydrogen (secondary N) is 1. The number of rotatable bonds is 6. The second-order valence-electron chi connectivity index (χ2n) is 5.20. The van der Waals surface area contributed by atoms with Gasteiger partial charge in [-0.3, -0.25) is 4.79 Å². The van der Waals surface area contributed by atoms with Crippen molar-refractivity contribution in [1.82, 2.24) is 15.1 Å². The van der Waals surface area contributed by atoms with Crippen molar-refractivity contribution in [3.05, 3.63) is 0 Å². The van der Waals surface area contributed by atoms with Crippen LogP contribution in [0, 0.1) is 0 Å². The van der Waals surface area contributed by atoms with E-state index in [2.05, 4.69) is 17.3 Å². The standard InChI is InChI=1S/C13H25N3O3/c1-4-16(10(2)8-12(17)18)13(19)14-9-11-6-5-7-15(11)3/h10-11H,4-9H2,1-3H3,(H,14,19)(H,17,18). The Balaban J connectivity index is 2.42. The fourth-order valence-corrected chi connectivity index (χ4v) is 2.56. The highest BCUT2D eigenvalue weighted by Gasteiger charge is 2.24. The molecule has 2 atom stereocenters. The predicted molar refractivity (Wildman–Crippen MR) is 73.1 cm³/mol. The topological polar surface area (TPSA) is 72.9 Å². The fourth-order valence-electron chi connectivity index (χ4n) is 2.56. The molecule has 0 saturated carbocycles. The highest BCUT2D eigenvalue weighted by Crippen LogP contribution is 2.13. The Morgan fingerprint density at radius 2 is 2.21 bits per heavy atom. The van der Waals surface area contributed by atoms with E-state index in [4.69, 9.17) is 5.11 Å². The molecular formula is C13H25N3O3. The van der Waals surface area contributed by atoms with Gasteiger partial charge in [-0.1, -0.05) is 0 Å². The summed E-state index contributed by atoms with van der Waals surface area (Å²) in [6, 6.07) is -0.0576.